The molecule has 0 atom stereocenters. The highest BCUT2D eigenvalue weighted by Gasteiger charge is 2.14. The predicted molar refractivity (Wildman–Crippen MR) is 126 cm³/mol. The molecular weight excluding hydrogens is 390 g/mol. The molecule has 0 aliphatic carbocycles. The van der Waals surface area contributed by atoms with Crippen molar-refractivity contribution < 1.29 is 4.79 Å². The number of hydrogen-bond donors (Lipinski definition) is 1. The fourth-order valence-electron chi connectivity index (χ4n) is 3.59. The number of benzene rings is 3. The second kappa shape index (κ2) is 9.20. The van der Waals surface area contributed by atoms with Gasteiger partial charge >= 0.3 is 0 Å². The van der Waals surface area contributed by atoms with Crippen LogP contribution in [0.15, 0.2) is 72.2 Å². The number of thiazole rings is 1. The molecule has 0 saturated carbocycles. The zero-order chi connectivity index (χ0) is 20.9. The lowest BCUT2D eigenvalue weighted by molar-refractivity contribution is 0.102. The third kappa shape index (κ3) is 4.42. The van der Waals surface area contributed by atoms with Gasteiger partial charge in [0.15, 0.2) is 0 Å². The molecule has 0 saturated heterocycles. The Bertz CT molecular complexity index is 1150. The summed E-state index contributed by atoms with van der Waals surface area (Å²) in [7, 11) is 0. The average molecular weight is 416 g/mol. The highest BCUT2D eigenvalue weighted by molar-refractivity contribution is 7.16. The van der Waals surface area contributed by atoms with E-state index in [9.17, 15) is 4.79 Å². The minimum atomic E-state index is -0.106. The topological polar surface area (TPSA) is 45.2 Å². The number of carbonyl (C=O) groups is 1. The monoisotopic (exact) mass is 415 g/mol. The van der Waals surface area contributed by atoms with Crippen LogP contribution in [-0.2, 0) is 6.54 Å². The molecule has 1 aromatic heterocycles. The first-order valence-electron chi connectivity index (χ1n) is 10.2. The normalized spacial score (nSPS) is 11.2. The predicted octanol–water partition coefficient (Wildman–Crippen LogP) is 6.06. The van der Waals surface area contributed by atoms with E-state index in [-0.39, 0.29) is 5.91 Å². The Labute approximate surface area is 181 Å². The number of fused-ring (bicyclic) bond motifs is 1. The largest absolute Gasteiger partial charge is 0.322 e. The van der Waals surface area contributed by atoms with Crippen molar-refractivity contribution >= 4 is 33.1 Å². The molecule has 0 spiro atoms. The number of amides is 1. The summed E-state index contributed by atoms with van der Waals surface area (Å²) in [6.07, 6.45) is 0. The zero-order valence-electron chi connectivity index (χ0n) is 17.3. The summed E-state index contributed by atoms with van der Waals surface area (Å²) in [6, 6.07) is 22.2. The summed E-state index contributed by atoms with van der Waals surface area (Å²) in [5, 5.41) is 3.02. The van der Waals surface area contributed by atoms with Crippen molar-refractivity contribution in [1.29, 1.82) is 0 Å². The average Bonchev–Trinajstić information content (AvgIpc) is 3.26. The molecule has 4 rings (SSSR count). The summed E-state index contributed by atoms with van der Waals surface area (Å²) in [5.41, 5.74) is 7.64. The van der Waals surface area contributed by atoms with Crippen molar-refractivity contribution in [2.24, 2.45) is 0 Å². The molecule has 0 aliphatic rings. The minimum Gasteiger partial charge on any atom is -0.322 e. The first kappa shape index (κ1) is 20.3. The van der Waals surface area contributed by atoms with Gasteiger partial charge in [-0.05, 0) is 60.1 Å². The molecule has 4 aromatic rings. The van der Waals surface area contributed by atoms with Crippen molar-refractivity contribution in [3.8, 4) is 11.1 Å². The maximum atomic E-state index is 13.0. The quantitative estimate of drug-likeness (QED) is 0.399. The van der Waals surface area contributed by atoms with Crippen LogP contribution in [0, 0.1) is 0 Å². The van der Waals surface area contributed by atoms with Gasteiger partial charge in [-0.1, -0.05) is 50.2 Å². The highest BCUT2D eigenvalue weighted by atomic mass is 32.1. The van der Waals surface area contributed by atoms with E-state index in [0.29, 0.717) is 5.56 Å². The Hall–Kier alpha value is -3.02. The number of hydrogen-bond acceptors (Lipinski definition) is 4. The van der Waals surface area contributed by atoms with Crippen LogP contribution in [-0.4, -0.2) is 28.9 Å². The Kier molecular flexibility index (Phi) is 6.21. The number of rotatable bonds is 7. The minimum absolute atomic E-state index is 0.106. The Morgan fingerprint density at radius 2 is 1.80 bits per heavy atom. The van der Waals surface area contributed by atoms with Gasteiger partial charge in [0.1, 0.15) is 0 Å². The number of anilines is 1. The molecule has 1 N–H and O–H groups in total. The van der Waals surface area contributed by atoms with E-state index in [1.165, 1.54) is 11.1 Å². The van der Waals surface area contributed by atoms with Gasteiger partial charge in [-0.3, -0.25) is 9.69 Å². The molecule has 3 aromatic carbocycles. The molecule has 30 heavy (non-hydrogen) atoms. The van der Waals surface area contributed by atoms with Crippen LogP contribution in [0.4, 0.5) is 5.69 Å². The van der Waals surface area contributed by atoms with Crippen LogP contribution >= 0.6 is 11.3 Å². The van der Waals surface area contributed by atoms with Crippen molar-refractivity contribution in [3.63, 3.8) is 0 Å². The third-order valence-electron chi connectivity index (χ3n) is 5.33. The molecule has 1 heterocycles. The van der Waals surface area contributed by atoms with Crippen LogP contribution < -0.4 is 5.32 Å². The van der Waals surface area contributed by atoms with Gasteiger partial charge in [0.05, 0.1) is 15.7 Å². The molecule has 152 valence electrons. The third-order valence-corrected chi connectivity index (χ3v) is 6.14. The summed E-state index contributed by atoms with van der Waals surface area (Å²) in [4.78, 5) is 19.7. The zero-order valence-corrected chi connectivity index (χ0v) is 18.1. The number of carbonyl (C=O) groups excluding carboxylic acids is 1. The van der Waals surface area contributed by atoms with Gasteiger partial charge in [0.2, 0.25) is 0 Å². The molecule has 4 nitrogen and oxygen atoms in total. The second-order valence-electron chi connectivity index (χ2n) is 7.19. The Morgan fingerprint density at radius 1 is 1.00 bits per heavy atom. The Balaban J connectivity index is 1.64. The fourth-order valence-corrected chi connectivity index (χ4v) is 4.25. The van der Waals surface area contributed by atoms with E-state index in [4.69, 9.17) is 0 Å². The lowest BCUT2D eigenvalue weighted by Crippen LogP contribution is -2.23. The summed E-state index contributed by atoms with van der Waals surface area (Å²) in [5.74, 6) is -0.106. The van der Waals surface area contributed by atoms with Crippen LogP contribution in [0.3, 0.4) is 0 Å². The van der Waals surface area contributed by atoms with Crippen LogP contribution in [0.25, 0.3) is 21.3 Å². The van der Waals surface area contributed by atoms with E-state index in [1.54, 1.807) is 11.3 Å². The molecule has 0 fully saturated rings. The molecule has 0 aliphatic heterocycles. The van der Waals surface area contributed by atoms with Gasteiger partial charge in [-0.15, -0.1) is 11.3 Å². The van der Waals surface area contributed by atoms with E-state index < -0.39 is 0 Å². The van der Waals surface area contributed by atoms with E-state index in [2.05, 4.69) is 47.2 Å². The van der Waals surface area contributed by atoms with Crippen molar-refractivity contribution in [3.05, 3.63) is 83.4 Å². The van der Waals surface area contributed by atoms with Gasteiger partial charge < -0.3 is 5.32 Å². The lowest BCUT2D eigenvalue weighted by Gasteiger charge is -2.21. The molecule has 1 amide bonds. The molecule has 0 unspecified atom stereocenters. The van der Waals surface area contributed by atoms with Gasteiger partial charge in [0.25, 0.3) is 5.91 Å². The van der Waals surface area contributed by atoms with Gasteiger partial charge in [0, 0.05) is 17.8 Å². The SMILES string of the molecule is CCN(CC)Cc1cc(C(=O)Nc2ccc3scnc3c2)ccc1-c1ccccc1. The maximum absolute atomic E-state index is 13.0. The van der Waals surface area contributed by atoms with E-state index >= 15 is 0 Å². The summed E-state index contributed by atoms with van der Waals surface area (Å²) in [6.45, 7) is 7.07. The lowest BCUT2D eigenvalue weighted by atomic mass is 9.96. The van der Waals surface area contributed by atoms with Crippen molar-refractivity contribution in [2.45, 2.75) is 20.4 Å². The van der Waals surface area contributed by atoms with E-state index in [1.807, 2.05) is 54.0 Å². The van der Waals surface area contributed by atoms with Crippen molar-refractivity contribution in [2.75, 3.05) is 18.4 Å². The number of nitrogens with zero attached hydrogens (tertiary/aromatic N) is 2. The summed E-state index contributed by atoms with van der Waals surface area (Å²) >= 11 is 1.59. The molecule has 0 radical (unpaired) electrons. The molecule has 5 heteroatoms. The van der Waals surface area contributed by atoms with Crippen LogP contribution in [0.2, 0.25) is 0 Å². The Morgan fingerprint density at radius 3 is 2.57 bits per heavy atom. The standard InChI is InChI=1S/C25H25N3OS/c1-3-28(4-2)16-20-14-19(10-12-22(20)18-8-6-5-7-9-18)25(29)27-21-11-13-24-23(15-21)26-17-30-24/h5-15,17H,3-4,16H2,1-2H3,(H,27,29). The molecular formula is C25H25N3OS. The number of nitrogens with one attached hydrogen (secondary N) is 1. The fraction of sp³-hybridized carbons (Fsp3) is 0.200. The molecule has 0 bridgehead atoms. The van der Waals surface area contributed by atoms with Gasteiger partial charge in [-0.25, -0.2) is 4.98 Å². The first-order valence-corrected chi connectivity index (χ1v) is 11.1. The first-order chi connectivity index (χ1) is 14.7. The summed E-state index contributed by atoms with van der Waals surface area (Å²) < 4.78 is 1.11. The smallest absolute Gasteiger partial charge is 0.255 e. The number of aromatic nitrogens is 1. The van der Waals surface area contributed by atoms with Crippen LogP contribution in [0.1, 0.15) is 29.8 Å². The maximum Gasteiger partial charge on any atom is 0.255 e. The van der Waals surface area contributed by atoms with E-state index in [0.717, 1.165) is 41.1 Å². The second-order valence-corrected chi connectivity index (χ2v) is 8.07. The van der Waals surface area contributed by atoms with Gasteiger partial charge in [-0.2, -0.15) is 0 Å². The van der Waals surface area contributed by atoms with Crippen molar-refractivity contribution in [1.82, 2.24) is 9.88 Å². The highest BCUT2D eigenvalue weighted by Crippen LogP contribution is 2.27. The van der Waals surface area contributed by atoms with Crippen LogP contribution in [0.5, 0.6) is 0 Å².